The van der Waals surface area contributed by atoms with Crippen LogP contribution in [0.2, 0.25) is 5.02 Å². The molecule has 0 saturated heterocycles. The second-order valence-electron chi connectivity index (χ2n) is 6.75. The molecule has 26 heavy (non-hydrogen) atoms. The Morgan fingerprint density at radius 2 is 1.92 bits per heavy atom. The van der Waals surface area contributed by atoms with Gasteiger partial charge in [-0.15, -0.1) is 0 Å². The monoisotopic (exact) mass is 370 g/mol. The van der Waals surface area contributed by atoms with Gasteiger partial charge in [-0.3, -0.25) is 9.59 Å². The lowest BCUT2D eigenvalue weighted by Gasteiger charge is -2.25. The molecule has 1 heterocycles. The summed E-state index contributed by atoms with van der Waals surface area (Å²) < 4.78 is 5.69. The topological polar surface area (TPSA) is 67.4 Å². The number of anilines is 1. The van der Waals surface area contributed by atoms with Gasteiger partial charge in [0, 0.05) is 11.1 Å². The van der Waals surface area contributed by atoms with Crippen LogP contribution in [0.3, 0.4) is 0 Å². The highest BCUT2D eigenvalue weighted by molar-refractivity contribution is 6.30. The van der Waals surface area contributed by atoms with Gasteiger partial charge in [0.05, 0.1) is 17.2 Å². The number of fused-ring (bicyclic) bond motifs is 1. The predicted octanol–water partition coefficient (Wildman–Crippen LogP) is 3.42. The van der Waals surface area contributed by atoms with Crippen molar-refractivity contribution in [3.8, 4) is 5.75 Å². The van der Waals surface area contributed by atoms with E-state index in [1.165, 1.54) is 0 Å². The fourth-order valence-corrected chi connectivity index (χ4v) is 3.24. The van der Waals surface area contributed by atoms with Gasteiger partial charge >= 0.3 is 0 Å². The van der Waals surface area contributed by atoms with Crippen molar-refractivity contribution in [3.63, 3.8) is 0 Å². The Hall–Kier alpha value is -2.53. The van der Waals surface area contributed by atoms with Gasteiger partial charge in [0.1, 0.15) is 12.4 Å². The molecule has 1 saturated carbocycles. The summed E-state index contributed by atoms with van der Waals surface area (Å²) >= 11 is 6.04. The molecule has 1 fully saturated rings. The number of carbonyl (C=O) groups is 2. The van der Waals surface area contributed by atoms with E-state index in [1.807, 2.05) is 12.1 Å². The van der Waals surface area contributed by atoms with Crippen molar-refractivity contribution in [1.82, 2.24) is 5.32 Å². The smallest absolute Gasteiger partial charge is 0.253 e. The molecule has 0 unspecified atom stereocenters. The molecule has 0 spiro atoms. The lowest BCUT2D eigenvalue weighted by Crippen LogP contribution is -2.33. The quantitative estimate of drug-likeness (QED) is 0.866. The van der Waals surface area contributed by atoms with Crippen molar-refractivity contribution < 1.29 is 14.3 Å². The van der Waals surface area contributed by atoms with Gasteiger partial charge in [-0.25, -0.2) is 0 Å². The molecule has 0 bridgehead atoms. The van der Waals surface area contributed by atoms with E-state index in [1.54, 1.807) is 30.3 Å². The van der Waals surface area contributed by atoms with Crippen molar-refractivity contribution >= 4 is 29.1 Å². The number of carbonyl (C=O) groups excluding carboxylic acids is 2. The minimum absolute atomic E-state index is 0.152. The predicted molar refractivity (Wildman–Crippen MR) is 99.7 cm³/mol. The van der Waals surface area contributed by atoms with Gasteiger partial charge in [0.15, 0.2) is 0 Å². The zero-order chi connectivity index (χ0) is 18.1. The number of para-hydroxylation sites is 1. The molecule has 1 aliphatic carbocycles. The molecule has 1 atom stereocenters. The van der Waals surface area contributed by atoms with Gasteiger partial charge in [-0.1, -0.05) is 23.7 Å². The molecule has 2 aliphatic rings. The molecule has 0 aromatic heterocycles. The highest BCUT2D eigenvalue weighted by Crippen LogP contribution is 2.30. The molecule has 2 N–H and O–H groups in total. The summed E-state index contributed by atoms with van der Waals surface area (Å²) in [4.78, 5) is 25.1. The summed E-state index contributed by atoms with van der Waals surface area (Å²) in [5, 5.41) is 6.46. The summed E-state index contributed by atoms with van der Waals surface area (Å²) in [5.74, 6) is 0.117. The van der Waals surface area contributed by atoms with Crippen LogP contribution >= 0.6 is 11.6 Å². The molecule has 134 valence electrons. The van der Waals surface area contributed by atoms with Crippen LogP contribution in [0.15, 0.2) is 42.5 Å². The number of ether oxygens (including phenoxy) is 1. The number of amides is 2. The molecule has 2 aromatic rings. The van der Waals surface area contributed by atoms with Crippen molar-refractivity contribution in [2.45, 2.75) is 25.3 Å². The van der Waals surface area contributed by atoms with E-state index in [0.717, 1.165) is 24.2 Å². The molecule has 1 aliphatic heterocycles. The summed E-state index contributed by atoms with van der Waals surface area (Å²) in [6.07, 6.45) is 2.58. The second kappa shape index (κ2) is 7.00. The number of rotatable bonds is 4. The number of halogens is 1. The lowest BCUT2D eigenvalue weighted by atomic mass is 9.96. The van der Waals surface area contributed by atoms with Crippen LogP contribution in [0.4, 0.5) is 5.69 Å². The maximum Gasteiger partial charge on any atom is 0.253 e. The van der Waals surface area contributed by atoms with E-state index in [-0.39, 0.29) is 23.8 Å². The summed E-state index contributed by atoms with van der Waals surface area (Å²) in [5.41, 5.74) is 1.92. The van der Waals surface area contributed by atoms with Crippen LogP contribution in [0.25, 0.3) is 0 Å². The summed E-state index contributed by atoms with van der Waals surface area (Å²) in [6.45, 7) is 0.302. The molecule has 0 radical (unpaired) electrons. The van der Waals surface area contributed by atoms with E-state index in [2.05, 4.69) is 10.6 Å². The van der Waals surface area contributed by atoms with Crippen molar-refractivity contribution in [3.05, 3.63) is 58.6 Å². The van der Waals surface area contributed by atoms with Crippen molar-refractivity contribution in [2.24, 2.45) is 5.92 Å². The van der Waals surface area contributed by atoms with E-state index in [9.17, 15) is 9.59 Å². The van der Waals surface area contributed by atoms with E-state index < -0.39 is 0 Å². The molecular weight excluding hydrogens is 352 g/mol. The Morgan fingerprint density at radius 1 is 1.12 bits per heavy atom. The van der Waals surface area contributed by atoms with Crippen LogP contribution in [0, 0.1) is 5.92 Å². The molecular formula is C20H19ClN2O3. The van der Waals surface area contributed by atoms with Gasteiger partial charge in [-0.2, -0.15) is 0 Å². The van der Waals surface area contributed by atoms with Crippen LogP contribution < -0.4 is 15.4 Å². The minimum atomic E-state index is -0.333. The van der Waals surface area contributed by atoms with Crippen LogP contribution in [0.5, 0.6) is 5.75 Å². The van der Waals surface area contributed by atoms with Gasteiger partial charge in [-0.05, 0) is 55.2 Å². The van der Waals surface area contributed by atoms with Gasteiger partial charge < -0.3 is 15.4 Å². The van der Waals surface area contributed by atoms with E-state index in [4.69, 9.17) is 16.3 Å². The van der Waals surface area contributed by atoms with Gasteiger partial charge in [0.25, 0.3) is 5.91 Å². The van der Waals surface area contributed by atoms with E-state index >= 15 is 0 Å². The van der Waals surface area contributed by atoms with E-state index in [0.29, 0.717) is 29.3 Å². The third kappa shape index (κ3) is 3.68. The molecule has 5 nitrogen and oxygen atoms in total. The van der Waals surface area contributed by atoms with Crippen molar-refractivity contribution in [1.29, 1.82) is 0 Å². The maximum absolute atomic E-state index is 12.7. The average Bonchev–Trinajstić information content (AvgIpc) is 3.45. The van der Waals surface area contributed by atoms with Gasteiger partial charge in [0.2, 0.25) is 5.91 Å². The fourth-order valence-electron chi connectivity index (χ4n) is 3.05. The first-order valence-electron chi connectivity index (χ1n) is 8.72. The Bertz CT molecular complexity index is 864. The summed E-state index contributed by atoms with van der Waals surface area (Å²) in [6, 6.07) is 12.7. The Labute approximate surface area is 156 Å². The number of hydrogen-bond donors (Lipinski definition) is 2. The second-order valence-corrected chi connectivity index (χ2v) is 7.18. The standard InChI is InChI=1S/C20H19ClN2O3/c21-14-5-8-18-12(10-14)9-13(11-26-18)19(24)23-17-4-2-1-3-16(17)20(25)22-15-6-7-15/h1-5,8,10,13,15H,6-7,9,11H2,(H,22,25)(H,23,24)/t13-/m1/s1. The van der Waals surface area contributed by atoms with Crippen molar-refractivity contribution in [2.75, 3.05) is 11.9 Å². The largest absolute Gasteiger partial charge is 0.492 e. The SMILES string of the molecule is O=C(NC1CC1)c1ccccc1NC(=O)[C@H]1COc2ccc(Cl)cc2C1. The number of nitrogens with one attached hydrogen (secondary N) is 2. The van der Waals surface area contributed by atoms with Crippen LogP contribution in [0.1, 0.15) is 28.8 Å². The zero-order valence-electron chi connectivity index (χ0n) is 14.1. The molecule has 4 rings (SSSR count). The Morgan fingerprint density at radius 3 is 2.73 bits per heavy atom. The minimum Gasteiger partial charge on any atom is -0.492 e. The fraction of sp³-hybridized carbons (Fsp3) is 0.300. The zero-order valence-corrected chi connectivity index (χ0v) is 14.9. The molecule has 2 amide bonds. The highest BCUT2D eigenvalue weighted by atomic mass is 35.5. The highest BCUT2D eigenvalue weighted by Gasteiger charge is 2.28. The first-order valence-corrected chi connectivity index (χ1v) is 9.10. The first-order chi connectivity index (χ1) is 12.6. The lowest BCUT2D eigenvalue weighted by molar-refractivity contribution is -0.121. The third-order valence-corrected chi connectivity index (χ3v) is 4.88. The third-order valence-electron chi connectivity index (χ3n) is 4.64. The first kappa shape index (κ1) is 16.9. The molecule has 2 aromatic carbocycles. The van der Waals surface area contributed by atoms with Crippen LogP contribution in [-0.2, 0) is 11.2 Å². The Kier molecular flexibility index (Phi) is 4.55. The Balaban J connectivity index is 1.47. The van der Waals surface area contributed by atoms with Crippen LogP contribution in [-0.4, -0.2) is 24.5 Å². The molecule has 6 heteroatoms. The average molecular weight is 371 g/mol. The maximum atomic E-state index is 12.7. The normalized spacial score (nSPS) is 18.4. The number of benzene rings is 2. The summed E-state index contributed by atoms with van der Waals surface area (Å²) in [7, 11) is 0. The number of hydrogen-bond acceptors (Lipinski definition) is 3.